The standard InChI is InChI=1S/C70H120NO8P/c1-6-8-10-12-14-16-18-20-22-24-26-28-30-32-34-35-37-38-40-42-44-46-48-50-52-54-56-58-60-62-69(72)76-66-68(67-78-80(74,75)77-65-64-71(3,4)5)79-70(73)63-61-59-57-55-53-51-49-47-45-43-41-39-36-33-31-29-27-25-23-21-19-17-15-13-11-9-7-2/h9,11,15,17-18,20-21,23-24,26-27,29,33,36,41,43,47,49,53,55,68H,6-8,10,12-14,16,19,22,25,28,30-32,34-35,37-40,42,44-46,48,50-52,54,56-67H2,1-5H3/b11-9-,17-15-,20-18-,23-21-,26-24-,29-27-,36-33-,43-41-,49-47-,55-53-. The van der Waals surface area contributed by atoms with Crippen molar-refractivity contribution in [3.05, 3.63) is 122 Å². The number of ether oxygens (including phenoxy) is 2. The molecule has 10 heteroatoms. The van der Waals surface area contributed by atoms with Crippen molar-refractivity contribution in [1.82, 2.24) is 0 Å². The van der Waals surface area contributed by atoms with E-state index in [1.165, 1.54) is 135 Å². The second-order valence-electron chi connectivity index (χ2n) is 22.4. The third-order valence-corrected chi connectivity index (χ3v) is 14.4. The lowest BCUT2D eigenvalue weighted by Gasteiger charge is -2.28. The summed E-state index contributed by atoms with van der Waals surface area (Å²) in [6, 6.07) is 0. The maximum absolute atomic E-state index is 12.8. The largest absolute Gasteiger partial charge is 0.756 e. The smallest absolute Gasteiger partial charge is 0.306 e. The Balaban J connectivity index is 4.20. The van der Waals surface area contributed by atoms with Gasteiger partial charge < -0.3 is 27.9 Å². The number of quaternary nitrogens is 1. The van der Waals surface area contributed by atoms with Gasteiger partial charge in [-0.25, -0.2) is 0 Å². The lowest BCUT2D eigenvalue weighted by atomic mass is 10.0. The molecule has 0 aliphatic rings. The number of likely N-dealkylation sites (N-methyl/N-ethyl adjacent to an activating group) is 1. The van der Waals surface area contributed by atoms with Gasteiger partial charge in [0.1, 0.15) is 19.8 Å². The van der Waals surface area contributed by atoms with Gasteiger partial charge >= 0.3 is 11.9 Å². The molecule has 0 amide bonds. The van der Waals surface area contributed by atoms with Crippen LogP contribution in [0, 0.1) is 0 Å². The Morgan fingerprint density at radius 2 is 0.713 bits per heavy atom. The number of carbonyl (C=O) groups excluding carboxylic acids is 2. The van der Waals surface area contributed by atoms with E-state index in [1.807, 2.05) is 21.1 Å². The summed E-state index contributed by atoms with van der Waals surface area (Å²) in [5, 5.41) is 0. The lowest BCUT2D eigenvalue weighted by Crippen LogP contribution is -2.37. The summed E-state index contributed by atoms with van der Waals surface area (Å²) in [5.41, 5.74) is 0. The van der Waals surface area contributed by atoms with E-state index in [4.69, 9.17) is 18.5 Å². The van der Waals surface area contributed by atoms with Crippen molar-refractivity contribution in [2.75, 3.05) is 47.5 Å². The monoisotopic (exact) mass is 1130 g/mol. The molecule has 0 radical (unpaired) electrons. The first-order chi connectivity index (χ1) is 39.0. The molecule has 0 N–H and O–H groups in total. The number of allylic oxidation sites excluding steroid dienone is 20. The number of carbonyl (C=O) groups is 2. The average Bonchev–Trinajstić information content (AvgIpc) is 3.42. The Hall–Kier alpha value is -3.59. The van der Waals surface area contributed by atoms with Crippen molar-refractivity contribution >= 4 is 19.8 Å². The van der Waals surface area contributed by atoms with Gasteiger partial charge in [-0.3, -0.25) is 14.2 Å². The summed E-state index contributed by atoms with van der Waals surface area (Å²) in [4.78, 5) is 38.0. The molecule has 0 saturated carbocycles. The summed E-state index contributed by atoms with van der Waals surface area (Å²) in [6.07, 6.45) is 85.5. The molecule has 0 aliphatic carbocycles. The van der Waals surface area contributed by atoms with Crippen LogP contribution in [-0.2, 0) is 32.7 Å². The third-order valence-electron chi connectivity index (χ3n) is 13.5. The molecular formula is C70H120NO8P. The third kappa shape index (κ3) is 63.6. The van der Waals surface area contributed by atoms with E-state index in [2.05, 4.69) is 135 Å². The molecule has 0 aromatic carbocycles. The summed E-state index contributed by atoms with van der Waals surface area (Å²) < 4.78 is 34.2. The minimum atomic E-state index is -4.66. The maximum atomic E-state index is 12.8. The van der Waals surface area contributed by atoms with E-state index in [9.17, 15) is 19.0 Å². The van der Waals surface area contributed by atoms with Gasteiger partial charge in [-0.15, -0.1) is 0 Å². The predicted molar refractivity (Wildman–Crippen MR) is 341 cm³/mol. The highest BCUT2D eigenvalue weighted by molar-refractivity contribution is 7.45. The van der Waals surface area contributed by atoms with Crippen LogP contribution in [0.3, 0.4) is 0 Å². The second kappa shape index (κ2) is 60.0. The maximum Gasteiger partial charge on any atom is 0.306 e. The van der Waals surface area contributed by atoms with Crippen molar-refractivity contribution in [3.63, 3.8) is 0 Å². The summed E-state index contributed by atoms with van der Waals surface area (Å²) >= 11 is 0. The van der Waals surface area contributed by atoms with Gasteiger partial charge in [0.05, 0.1) is 27.7 Å². The molecule has 0 aromatic rings. The van der Waals surface area contributed by atoms with Crippen LogP contribution < -0.4 is 4.89 Å². The number of nitrogens with zero attached hydrogens (tertiary/aromatic N) is 1. The Bertz CT molecular complexity index is 1760. The molecule has 0 saturated heterocycles. The average molecular weight is 1130 g/mol. The molecule has 458 valence electrons. The zero-order valence-electron chi connectivity index (χ0n) is 52.0. The zero-order valence-corrected chi connectivity index (χ0v) is 52.9. The highest BCUT2D eigenvalue weighted by Gasteiger charge is 2.22. The number of unbranched alkanes of at least 4 members (excludes halogenated alkanes) is 24. The number of hydrogen-bond donors (Lipinski definition) is 0. The Kier molecular flexibility index (Phi) is 57.3. The highest BCUT2D eigenvalue weighted by Crippen LogP contribution is 2.38. The molecule has 80 heavy (non-hydrogen) atoms. The molecule has 0 heterocycles. The van der Waals surface area contributed by atoms with Crippen LogP contribution in [0.15, 0.2) is 122 Å². The normalized spacial score (nSPS) is 14.0. The molecule has 2 unspecified atom stereocenters. The molecule has 0 aliphatic heterocycles. The van der Waals surface area contributed by atoms with Crippen LogP contribution in [-0.4, -0.2) is 70.0 Å². The molecular weight excluding hydrogens is 1010 g/mol. The number of hydrogen-bond acceptors (Lipinski definition) is 8. The molecule has 0 aromatic heterocycles. The lowest BCUT2D eigenvalue weighted by molar-refractivity contribution is -0.870. The van der Waals surface area contributed by atoms with E-state index in [1.54, 1.807) is 0 Å². The topological polar surface area (TPSA) is 111 Å². The van der Waals surface area contributed by atoms with Gasteiger partial charge in [0, 0.05) is 12.8 Å². The van der Waals surface area contributed by atoms with E-state index >= 15 is 0 Å². The van der Waals surface area contributed by atoms with Crippen LogP contribution in [0.25, 0.3) is 0 Å². The van der Waals surface area contributed by atoms with Gasteiger partial charge in [-0.1, -0.05) is 257 Å². The summed E-state index contributed by atoms with van der Waals surface area (Å²) in [7, 11) is 1.12. The van der Waals surface area contributed by atoms with Gasteiger partial charge in [0.2, 0.25) is 0 Å². The van der Waals surface area contributed by atoms with Crippen molar-refractivity contribution in [2.45, 2.75) is 264 Å². The van der Waals surface area contributed by atoms with Gasteiger partial charge in [0.15, 0.2) is 6.10 Å². The summed E-state index contributed by atoms with van der Waals surface area (Å²) in [6.45, 7) is 4.07. The number of rotatable bonds is 58. The fourth-order valence-electron chi connectivity index (χ4n) is 8.53. The quantitative estimate of drug-likeness (QED) is 0.0195. The molecule has 0 fully saturated rings. The van der Waals surface area contributed by atoms with E-state index < -0.39 is 32.5 Å². The number of esters is 2. The Labute approximate surface area is 492 Å². The molecule has 0 spiro atoms. The van der Waals surface area contributed by atoms with Crippen molar-refractivity contribution in [3.8, 4) is 0 Å². The fraction of sp³-hybridized carbons (Fsp3) is 0.686. The minimum Gasteiger partial charge on any atom is -0.756 e. The van der Waals surface area contributed by atoms with Crippen LogP contribution in [0.2, 0.25) is 0 Å². The molecule has 2 atom stereocenters. The zero-order chi connectivity index (χ0) is 58.4. The fourth-order valence-corrected chi connectivity index (χ4v) is 9.25. The molecule has 9 nitrogen and oxygen atoms in total. The Morgan fingerprint density at radius 3 is 1.09 bits per heavy atom. The van der Waals surface area contributed by atoms with Gasteiger partial charge in [-0.05, 0) is 109 Å². The van der Waals surface area contributed by atoms with Crippen LogP contribution >= 0.6 is 7.82 Å². The van der Waals surface area contributed by atoms with Crippen molar-refractivity contribution in [1.29, 1.82) is 0 Å². The van der Waals surface area contributed by atoms with Gasteiger partial charge in [-0.2, -0.15) is 0 Å². The Morgan fingerprint density at radius 1 is 0.400 bits per heavy atom. The summed E-state index contributed by atoms with van der Waals surface area (Å²) in [5.74, 6) is -0.887. The number of phosphoric ester groups is 1. The SMILES string of the molecule is CC/C=C\C/C=C\C/C=C\C/C=C\C/C=C\C/C=C\C/C=C\C/C=C\CCCCC(=O)OC(COC(=O)CCCCCCCCCCCCCCCCCCC/C=C\C/C=C\CCCCCCC)COP(=O)([O-])OCC[N+](C)(C)C. The van der Waals surface area contributed by atoms with E-state index in [-0.39, 0.29) is 26.1 Å². The minimum absolute atomic E-state index is 0.0453. The molecule has 0 bridgehead atoms. The van der Waals surface area contributed by atoms with E-state index in [0.29, 0.717) is 17.4 Å². The van der Waals surface area contributed by atoms with Crippen molar-refractivity contribution < 1.29 is 42.1 Å². The van der Waals surface area contributed by atoms with Crippen LogP contribution in [0.5, 0.6) is 0 Å². The first-order valence-electron chi connectivity index (χ1n) is 32.2. The van der Waals surface area contributed by atoms with Crippen LogP contribution in [0.4, 0.5) is 0 Å². The first kappa shape index (κ1) is 76.4. The predicted octanol–water partition coefficient (Wildman–Crippen LogP) is 20.1. The van der Waals surface area contributed by atoms with Crippen LogP contribution in [0.1, 0.15) is 258 Å². The van der Waals surface area contributed by atoms with Gasteiger partial charge in [0.25, 0.3) is 7.82 Å². The second-order valence-corrected chi connectivity index (χ2v) is 23.8. The molecule has 0 rings (SSSR count). The van der Waals surface area contributed by atoms with Crippen molar-refractivity contribution in [2.24, 2.45) is 0 Å². The van der Waals surface area contributed by atoms with E-state index in [0.717, 1.165) is 89.9 Å². The number of phosphoric acid groups is 1. The first-order valence-corrected chi connectivity index (χ1v) is 33.7. The highest BCUT2D eigenvalue weighted by atomic mass is 31.2.